The lowest BCUT2D eigenvalue weighted by molar-refractivity contribution is -0.117. The van der Waals surface area contributed by atoms with Gasteiger partial charge in [0.15, 0.2) is 0 Å². The van der Waals surface area contributed by atoms with E-state index in [1.807, 2.05) is 12.1 Å². The van der Waals surface area contributed by atoms with Gasteiger partial charge in [0.05, 0.1) is 11.3 Å². The molecular weight excluding hydrogens is 268 g/mol. The predicted molar refractivity (Wildman–Crippen MR) is 78.0 cm³/mol. The molecule has 0 heterocycles. The molecule has 0 radical (unpaired) electrons. The highest BCUT2D eigenvalue weighted by Crippen LogP contribution is 2.13. The van der Waals surface area contributed by atoms with Gasteiger partial charge in [0.1, 0.15) is 17.7 Å². The first kappa shape index (κ1) is 16.2. The number of para-hydroxylation sites is 1. The molecular formula is C15H16N4O2. The summed E-state index contributed by atoms with van der Waals surface area (Å²) >= 11 is 0. The fourth-order valence-corrected chi connectivity index (χ4v) is 1.52. The number of rotatable bonds is 7. The predicted octanol–water partition coefficient (Wildman–Crippen LogP) is 1.53. The molecule has 0 atom stereocenters. The third kappa shape index (κ3) is 5.35. The lowest BCUT2D eigenvalue weighted by atomic mass is 10.2. The zero-order valence-electron chi connectivity index (χ0n) is 11.7. The molecule has 0 spiro atoms. The highest BCUT2D eigenvalue weighted by molar-refractivity contribution is 5.97. The summed E-state index contributed by atoms with van der Waals surface area (Å²) < 4.78 is 4.87. The molecule has 6 heteroatoms. The van der Waals surface area contributed by atoms with Gasteiger partial charge in [-0.15, -0.1) is 0 Å². The van der Waals surface area contributed by atoms with E-state index < -0.39 is 5.91 Å². The van der Waals surface area contributed by atoms with Gasteiger partial charge in [-0.2, -0.15) is 10.5 Å². The Morgan fingerprint density at radius 3 is 2.81 bits per heavy atom. The number of nitriles is 2. The Kier molecular flexibility index (Phi) is 7.06. The molecule has 1 rings (SSSR count). The Balaban J connectivity index is 2.66. The van der Waals surface area contributed by atoms with Crippen molar-refractivity contribution in [1.82, 2.24) is 5.32 Å². The Bertz CT molecular complexity index is 596. The van der Waals surface area contributed by atoms with Crippen molar-refractivity contribution in [3.8, 4) is 12.1 Å². The SMILES string of the molecule is COCCCNC(=O)/C(C#N)=C\Nc1ccccc1C#N. The van der Waals surface area contributed by atoms with E-state index in [2.05, 4.69) is 10.6 Å². The smallest absolute Gasteiger partial charge is 0.263 e. The van der Waals surface area contributed by atoms with Crippen molar-refractivity contribution < 1.29 is 9.53 Å². The molecule has 0 saturated carbocycles. The maximum Gasteiger partial charge on any atom is 0.263 e. The van der Waals surface area contributed by atoms with Gasteiger partial charge in [0, 0.05) is 26.5 Å². The molecule has 1 amide bonds. The maximum absolute atomic E-state index is 11.8. The minimum atomic E-state index is -0.462. The van der Waals surface area contributed by atoms with Crippen molar-refractivity contribution in [1.29, 1.82) is 10.5 Å². The second-order valence-electron chi connectivity index (χ2n) is 4.07. The van der Waals surface area contributed by atoms with Crippen molar-refractivity contribution in [2.24, 2.45) is 0 Å². The quantitative estimate of drug-likeness (QED) is 0.449. The summed E-state index contributed by atoms with van der Waals surface area (Å²) in [6.07, 6.45) is 1.97. The van der Waals surface area contributed by atoms with Crippen LogP contribution in [0.4, 0.5) is 5.69 Å². The summed E-state index contributed by atoms with van der Waals surface area (Å²) in [4.78, 5) is 11.8. The highest BCUT2D eigenvalue weighted by atomic mass is 16.5. The molecule has 108 valence electrons. The molecule has 6 nitrogen and oxygen atoms in total. The molecule has 0 saturated heterocycles. The third-order valence-corrected chi connectivity index (χ3v) is 2.60. The maximum atomic E-state index is 11.8. The van der Waals surface area contributed by atoms with E-state index in [9.17, 15) is 4.79 Å². The molecule has 0 fully saturated rings. The standard InChI is InChI=1S/C15H16N4O2/c1-21-8-4-7-18-15(20)13(10-17)11-19-14-6-3-2-5-12(14)9-16/h2-3,5-6,11,19H,4,7-8H2,1H3,(H,18,20)/b13-11-. The van der Waals surface area contributed by atoms with Crippen LogP contribution in [0.3, 0.4) is 0 Å². The zero-order valence-corrected chi connectivity index (χ0v) is 11.7. The summed E-state index contributed by atoms with van der Waals surface area (Å²) in [5, 5.41) is 23.4. The molecule has 1 aromatic rings. The van der Waals surface area contributed by atoms with E-state index in [1.165, 1.54) is 6.20 Å². The van der Waals surface area contributed by atoms with Gasteiger partial charge >= 0.3 is 0 Å². The number of ether oxygens (including phenoxy) is 1. The molecule has 0 aromatic heterocycles. The molecule has 0 aliphatic rings. The van der Waals surface area contributed by atoms with Crippen LogP contribution in [-0.2, 0) is 9.53 Å². The van der Waals surface area contributed by atoms with Gasteiger partial charge < -0.3 is 15.4 Å². The zero-order chi connectivity index (χ0) is 15.5. The van der Waals surface area contributed by atoms with E-state index in [0.29, 0.717) is 30.8 Å². The fraction of sp³-hybridized carbons (Fsp3) is 0.267. The van der Waals surface area contributed by atoms with E-state index in [4.69, 9.17) is 15.3 Å². The number of nitrogens with zero attached hydrogens (tertiary/aromatic N) is 2. The van der Waals surface area contributed by atoms with Crippen LogP contribution in [0.1, 0.15) is 12.0 Å². The van der Waals surface area contributed by atoms with Gasteiger partial charge in [-0.25, -0.2) is 0 Å². The van der Waals surface area contributed by atoms with E-state index >= 15 is 0 Å². The van der Waals surface area contributed by atoms with E-state index in [-0.39, 0.29) is 5.57 Å². The monoisotopic (exact) mass is 284 g/mol. The van der Waals surface area contributed by atoms with Crippen LogP contribution in [0.15, 0.2) is 36.0 Å². The Morgan fingerprint density at radius 1 is 1.38 bits per heavy atom. The van der Waals surface area contributed by atoms with Crippen molar-refractivity contribution in [3.63, 3.8) is 0 Å². The molecule has 1 aromatic carbocycles. The fourth-order valence-electron chi connectivity index (χ4n) is 1.52. The van der Waals surface area contributed by atoms with Crippen LogP contribution in [0.25, 0.3) is 0 Å². The minimum absolute atomic E-state index is 0.0554. The average Bonchev–Trinajstić information content (AvgIpc) is 2.52. The van der Waals surface area contributed by atoms with Crippen molar-refractivity contribution in [2.45, 2.75) is 6.42 Å². The third-order valence-electron chi connectivity index (χ3n) is 2.60. The summed E-state index contributed by atoms with van der Waals surface area (Å²) in [5.74, 6) is -0.462. The second-order valence-corrected chi connectivity index (χ2v) is 4.07. The number of amides is 1. The number of benzene rings is 1. The van der Waals surface area contributed by atoms with Crippen LogP contribution in [0.2, 0.25) is 0 Å². The molecule has 2 N–H and O–H groups in total. The molecule has 21 heavy (non-hydrogen) atoms. The first-order valence-electron chi connectivity index (χ1n) is 6.36. The number of carbonyl (C=O) groups excluding carboxylic acids is 1. The number of hydrogen-bond acceptors (Lipinski definition) is 5. The number of hydrogen-bond donors (Lipinski definition) is 2. The number of anilines is 1. The van der Waals surface area contributed by atoms with E-state index in [1.54, 1.807) is 31.4 Å². The van der Waals surface area contributed by atoms with Crippen molar-refractivity contribution in [3.05, 3.63) is 41.6 Å². The van der Waals surface area contributed by atoms with Crippen molar-refractivity contribution >= 4 is 11.6 Å². The van der Waals surface area contributed by atoms with Crippen LogP contribution in [-0.4, -0.2) is 26.2 Å². The number of methoxy groups -OCH3 is 1. The first-order chi connectivity index (χ1) is 10.2. The molecule has 0 bridgehead atoms. The van der Waals surface area contributed by atoms with Crippen LogP contribution >= 0.6 is 0 Å². The lowest BCUT2D eigenvalue weighted by Crippen LogP contribution is -2.26. The van der Waals surface area contributed by atoms with Gasteiger partial charge in [-0.05, 0) is 18.6 Å². The average molecular weight is 284 g/mol. The van der Waals surface area contributed by atoms with Gasteiger partial charge in [0.2, 0.25) is 0 Å². The number of carbonyl (C=O) groups is 1. The number of nitrogens with one attached hydrogen (secondary N) is 2. The Hall–Kier alpha value is -2.83. The Labute approximate surface area is 123 Å². The molecule has 0 unspecified atom stereocenters. The summed E-state index contributed by atoms with van der Waals surface area (Å²) in [6, 6.07) is 10.7. The second kappa shape index (κ2) is 9.13. The van der Waals surface area contributed by atoms with E-state index in [0.717, 1.165) is 0 Å². The van der Waals surface area contributed by atoms with Gasteiger partial charge in [-0.1, -0.05) is 12.1 Å². The minimum Gasteiger partial charge on any atom is -0.385 e. The highest BCUT2D eigenvalue weighted by Gasteiger charge is 2.08. The van der Waals surface area contributed by atoms with Crippen molar-refractivity contribution in [2.75, 3.05) is 25.6 Å². The van der Waals surface area contributed by atoms with Crippen LogP contribution in [0.5, 0.6) is 0 Å². The lowest BCUT2D eigenvalue weighted by Gasteiger charge is -2.05. The summed E-state index contributed by atoms with van der Waals surface area (Å²) in [5.41, 5.74) is 0.923. The van der Waals surface area contributed by atoms with Crippen LogP contribution in [0, 0.1) is 22.7 Å². The molecule has 0 aliphatic carbocycles. The normalized spacial score (nSPS) is 10.3. The van der Waals surface area contributed by atoms with Gasteiger partial charge in [0.25, 0.3) is 5.91 Å². The largest absolute Gasteiger partial charge is 0.385 e. The Morgan fingerprint density at radius 2 is 2.14 bits per heavy atom. The summed E-state index contributed by atoms with van der Waals surface area (Å²) in [7, 11) is 1.58. The first-order valence-corrected chi connectivity index (χ1v) is 6.36. The summed E-state index contributed by atoms with van der Waals surface area (Å²) in [6.45, 7) is 0.972. The molecule has 0 aliphatic heterocycles. The van der Waals surface area contributed by atoms with Gasteiger partial charge in [-0.3, -0.25) is 4.79 Å². The topological polar surface area (TPSA) is 97.9 Å². The van der Waals surface area contributed by atoms with Crippen LogP contribution < -0.4 is 10.6 Å².